The molecule has 0 amide bonds. The average Bonchev–Trinajstić information content (AvgIpc) is 3.12. The highest BCUT2D eigenvalue weighted by atomic mass is 16.5. The molecule has 0 unspecified atom stereocenters. The largest absolute Gasteiger partial charge is 0.508 e. The van der Waals surface area contributed by atoms with Crippen LogP contribution < -0.4 is 0 Å². The summed E-state index contributed by atoms with van der Waals surface area (Å²) in [5.41, 5.74) is 1.03. The quantitative estimate of drug-likeness (QED) is 0.815. The molecule has 1 aliphatic rings. The van der Waals surface area contributed by atoms with Crippen LogP contribution in [0.2, 0.25) is 0 Å². The fraction of sp³-hybridized carbons (Fsp3) is 0.500. The summed E-state index contributed by atoms with van der Waals surface area (Å²) in [5.74, 6) is 0.630. The summed E-state index contributed by atoms with van der Waals surface area (Å²) < 4.78 is 4.82. The van der Waals surface area contributed by atoms with E-state index in [1.165, 1.54) is 7.11 Å². The zero-order chi connectivity index (χ0) is 12.4. The maximum atomic E-state index is 11.7. The van der Waals surface area contributed by atoms with E-state index in [0.717, 1.165) is 18.4 Å². The molecule has 1 fully saturated rings. The van der Waals surface area contributed by atoms with Crippen molar-refractivity contribution in [1.82, 2.24) is 0 Å². The monoisotopic (exact) mass is 234 g/mol. The van der Waals surface area contributed by atoms with Gasteiger partial charge in [0, 0.05) is 0 Å². The van der Waals surface area contributed by atoms with Crippen molar-refractivity contribution in [2.75, 3.05) is 7.11 Å². The number of carbonyl (C=O) groups excluding carboxylic acids is 1. The second-order valence-electron chi connectivity index (χ2n) is 4.77. The lowest BCUT2D eigenvalue weighted by Gasteiger charge is -2.22. The molecule has 2 rings (SSSR count). The van der Waals surface area contributed by atoms with Gasteiger partial charge in [-0.15, -0.1) is 0 Å². The highest BCUT2D eigenvalue weighted by Crippen LogP contribution is 2.47. The third-order valence-electron chi connectivity index (χ3n) is 3.50. The zero-order valence-corrected chi connectivity index (χ0v) is 10.2. The fourth-order valence-corrected chi connectivity index (χ4v) is 2.49. The minimum atomic E-state index is -0.176. The molecule has 0 heterocycles. The Morgan fingerprint density at radius 1 is 1.47 bits per heavy atom. The Kier molecular flexibility index (Phi) is 3.36. The van der Waals surface area contributed by atoms with Crippen LogP contribution in [0.15, 0.2) is 24.3 Å². The van der Waals surface area contributed by atoms with Crippen LogP contribution in [0.25, 0.3) is 0 Å². The molecule has 1 saturated carbocycles. The van der Waals surface area contributed by atoms with E-state index in [1.54, 1.807) is 12.1 Å². The summed E-state index contributed by atoms with van der Waals surface area (Å²) >= 11 is 0. The van der Waals surface area contributed by atoms with E-state index < -0.39 is 0 Å². The normalized spacial score (nSPS) is 18.5. The Balaban J connectivity index is 2.26. The molecule has 0 saturated heterocycles. The predicted molar refractivity (Wildman–Crippen MR) is 64.8 cm³/mol. The number of aromatic hydroxyl groups is 1. The molecule has 2 atom stereocenters. The first-order chi connectivity index (χ1) is 8.13. The molecule has 92 valence electrons. The minimum absolute atomic E-state index is 0.158. The van der Waals surface area contributed by atoms with E-state index in [2.05, 4.69) is 0 Å². The highest BCUT2D eigenvalue weighted by Gasteiger charge is 2.39. The Bertz CT molecular complexity index is 410. The number of phenols is 1. The maximum Gasteiger partial charge on any atom is 0.309 e. The molecule has 0 spiro atoms. The second-order valence-corrected chi connectivity index (χ2v) is 4.77. The van der Waals surface area contributed by atoms with Gasteiger partial charge in [-0.25, -0.2) is 0 Å². The molecular formula is C14H18O3. The molecule has 17 heavy (non-hydrogen) atoms. The summed E-state index contributed by atoms with van der Waals surface area (Å²) in [6, 6.07) is 7.20. The van der Waals surface area contributed by atoms with Gasteiger partial charge in [0.1, 0.15) is 5.75 Å². The number of benzene rings is 1. The van der Waals surface area contributed by atoms with Crippen molar-refractivity contribution in [1.29, 1.82) is 0 Å². The van der Waals surface area contributed by atoms with Crippen molar-refractivity contribution in [3.8, 4) is 5.75 Å². The number of ether oxygens (including phenoxy) is 1. The first-order valence-electron chi connectivity index (χ1n) is 6.00. The molecule has 0 aromatic heterocycles. The minimum Gasteiger partial charge on any atom is -0.508 e. The van der Waals surface area contributed by atoms with E-state index in [0.29, 0.717) is 5.92 Å². The number of hydrogen-bond acceptors (Lipinski definition) is 3. The summed E-state index contributed by atoms with van der Waals surface area (Å²) in [5, 5.41) is 9.53. The zero-order valence-electron chi connectivity index (χ0n) is 10.2. The van der Waals surface area contributed by atoms with Crippen LogP contribution in [0.3, 0.4) is 0 Å². The first-order valence-corrected chi connectivity index (χ1v) is 6.00. The van der Waals surface area contributed by atoms with Gasteiger partial charge in [0.25, 0.3) is 0 Å². The summed E-state index contributed by atoms with van der Waals surface area (Å²) in [6.07, 6.45) is 2.31. The van der Waals surface area contributed by atoms with Crippen LogP contribution in [0, 0.1) is 11.8 Å². The Morgan fingerprint density at radius 3 is 2.71 bits per heavy atom. The van der Waals surface area contributed by atoms with Crippen LogP contribution in [0.5, 0.6) is 5.75 Å². The van der Waals surface area contributed by atoms with Gasteiger partial charge in [0.2, 0.25) is 0 Å². The predicted octanol–water partition coefficient (Wildman–Crippen LogP) is 2.69. The number of esters is 1. The summed E-state index contributed by atoms with van der Waals surface area (Å²) in [4.78, 5) is 11.7. The molecular weight excluding hydrogens is 216 g/mol. The Hall–Kier alpha value is -1.51. The molecule has 0 radical (unpaired) electrons. The van der Waals surface area contributed by atoms with Crippen molar-refractivity contribution < 1.29 is 14.6 Å². The highest BCUT2D eigenvalue weighted by molar-refractivity contribution is 5.73. The number of hydrogen-bond donors (Lipinski definition) is 1. The van der Waals surface area contributed by atoms with Crippen LogP contribution in [-0.4, -0.2) is 18.2 Å². The van der Waals surface area contributed by atoms with Crippen molar-refractivity contribution in [3.63, 3.8) is 0 Å². The van der Waals surface area contributed by atoms with Gasteiger partial charge in [-0.2, -0.15) is 0 Å². The van der Waals surface area contributed by atoms with Gasteiger partial charge in [-0.3, -0.25) is 4.79 Å². The van der Waals surface area contributed by atoms with Crippen molar-refractivity contribution in [2.45, 2.75) is 25.7 Å². The van der Waals surface area contributed by atoms with Crippen molar-refractivity contribution >= 4 is 5.97 Å². The summed E-state index contributed by atoms with van der Waals surface area (Å²) in [7, 11) is 1.42. The van der Waals surface area contributed by atoms with Gasteiger partial charge in [-0.1, -0.05) is 19.1 Å². The van der Waals surface area contributed by atoms with Crippen LogP contribution in [-0.2, 0) is 9.53 Å². The standard InChI is InChI=1S/C14H18O3/c1-9(14(16)17-2)13(10-6-7-10)11-4-3-5-12(15)8-11/h3-5,8-10,13,15H,6-7H2,1-2H3/t9-,13+/m0/s1. The number of methoxy groups -OCH3 is 1. The molecule has 0 bridgehead atoms. The molecule has 1 aromatic carbocycles. The lowest BCUT2D eigenvalue weighted by Crippen LogP contribution is -2.22. The molecule has 0 aliphatic heterocycles. The van der Waals surface area contributed by atoms with Gasteiger partial charge in [0.15, 0.2) is 0 Å². The van der Waals surface area contributed by atoms with Crippen LogP contribution >= 0.6 is 0 Å². The van der Waals surface area contributed by atoms with Gasteiger partial charge in [0.05, 0.1) is 13.0 Å². The van der Waals surface area contributed by atoms with Gasteiger partial charge in [-0.05, 0) is 42.4 Å². The molecule has 1 aromatic rings. The maximum absolute atomic E-state index is 11.7. The fourth-order valence-electron chi connectivity index (χ4n) is 2.49. The molecule has 3 nitrogen and oxygen atoms in total. The molecule has 1 N–H and O–H groups in total. The van der Waals surface area contributed by atoms with Crippen LogP contribution in [0.4, 0.5) is 0 Å². The smallest absolute Gasteiger partial charge is 0.309 e. The van der Waals surface area contributed by atoms with E-state index in [-0.39, 0.29) is 23.6 Å². The van der Waals surface area contributed by atoms with E-state index >= 15 is 0 Å². The topological polar surface area (TPSA) is 46.5 Å². The van der Waals surface area contributed by atoms with E-state index in [9.17, 15) is 9.90 Å². The average molecular weight is 234 g/mol. The third-order valence-corrected chi connectivity index (χ3v) is 3.50. The number of carbonyl (C=O) groups is 1. The first kappa shape index (κ1) is 12.0. The number of rotatable bonds is 4. The van der Waals surface area contributed by atoms with Crippen molar-refractivity contribution in [3.05, 3.63) is 29.8 Å². The van der Waals surface area contributed by atoms with Crippen molar-refractivity contribution in [2.24, 2.45) is 11.8 Å². The van der Waals surface area contributed by atoms with E-state index in [1.807, 2.05) is 19.1 Å². The SMILES string of the molecule is COC(=O)[C@@H](C)[C@@H](c1cccc(O)c1)C1CC1. The van der Waals surface area contributed by atoms with Gasteiger partial charge < -0.3 is 9.84 Å². The third kappa shape index (κ3) is 2.60. The Morgan fingerprint density at radius 2 is 2.18 bits per heavy atom. The molecule has 1 aliphatic carbocycles. The number of phenolic OH excluding ortho intramolecular Hbond substituents is 1. The Labute approximate surface area is 101 Å². The van der Waals surface area contributed by atoms with Gasteiger partial charge >= 0.3 is 5.97 Å². The second kappa shape index (κ2) is 4.78. The molecule has 3 heteroatoms. The van der Waals surface area contributed by atoms with E-state index in [4.69, 9.17) is 4.74 Å². The van der Waals surface area contributed by atoms with Crippen LogP contribution in [0.1, 0.15) is 31.2 Å². The summed E-state index contributed by atoms with van der Waals surface area (Å²) in [6.45, 7) is 1.90. The lowest BCUT2D eigenvalue weighted by molar-refractivity contribution is -0.145. The lowest BCUT2D eigenvalue weighted by atomic mass is 9.83.